The lowest BCUT2D eigenvalue weighted by Gasteiger charge is -2.30. The quantitative estimate of drug-likeness (QED) is 0.224. The van der Waals surface area contributed by atoms with Gasteiger partial charge in [-0.15, -0.1) is 0 Å². The number of alkyl halides is 3. The highest BCUT2D eigenvalue weighted by Gasteiger charge is 2.38. The number of fused-ring (bicyclic) bond motifs is 1. The van der Waals surface area contributed by atoms with Crippen LogP contribution in [-0.2, 0) is 4.79 Å². The van der Waals surface area contributed by atoms with Gasteiger partial charge in [0.25, 0.3) is 5.91 Å². The first kappa shape index (κ1) is 32.8. The van der Waals surface area contributed by atoms with E-state index in [1.165, 1.54) is 0 Å². The lowest BCUT2D eigenvalue weighted by molar-refractivity contribution is -0.192. The average molecular weight is 627 g/mol. The van der Waals surface area contributed by atoms with Crippen LogP contribution in [0.25, 0.3) is 10.9 Å². The van der Waals surface area contributed by atoms with Crippen LogP contribution in [0.1, 0.15) is 36.0 Å². The Morgan fingerprint density at radius 3 is 2.16 bits per heavy atom. The van der Waals surface area contributed by atoms with Gasteiger partial charge in [-0.1, -0.05) is 12.1 Å². The fourth-order valence-electron chi connectivity index (χ4n) is 4.69. The van der Waals surface area contributed by atoms with Crippen molar-refractivity contribution in [1.82, 2.24) is 20.3 Å². The summed E-state index contributed by atoms with van der Waals surface area (Å²) in [6.07, 6.45) is 0.0450. The van der Waals surface area contributed by atoms with E-state index < -0.39 is 12.1 Å². The normalized spacial score (nSPS) is 16.1. The van der Waals surface area contributed by atoms with Gasteiger partial charge in [0.2, 0.25) is 11.8 Å². The minimum Gasteiger partial charge on any atom is -0.497 e. The minimum absolute atomic E-state index is 0.0736. The summed E-state index contributed by atoms with van der Waals surface area (Å²) in [4.78, 5) is 37.8. The molecule has 0 unspecified atom stereocenters. The molecule has 238 valence electrons. The van der Waals surface area contributed by atoms with Crippen LogP contribution in [0, 0.1) is 0 Å². The third-order valence-electron chi connectivity index (χ3n) is 6.93. The molecule has 0 atom stereocenters. The minimum atomic E-state index is -5.08. The Labute approximate surface area is 257 Å². The molecule has 0 spiro atoms. The van der Waals surface area contributed by atoms with Crippen LogP contribution in [0.15, 0.2) is 66.9 Å². The SMILES string of the molecule is COc1ccc(Oc2ncccc2C(=O)NC2CCC(Nc3nc(N(C)C)c4ccccc4n3)CC2)cc1.O=C(O)C(F)(F)F. The van der Waals surface area contributed by atoms with Gasteiger partial charge in [0.1, 0.15) is 22.9 Å². The third kappa shape index (κ3) is 8.94. The number of ether oxygens (including phenoxy) is 2. The second-order valence-electron chi connectivity index (χ2n) is 10.4. The summed E-state index contributed by atoms with van der Waals surface area (Å²) >= 11 is 0. The first-order valence-electron chi connectivity index (χ1n) is 14.0. The van der Waals surface area contributed by atoms with Gasteiger partial charge in [0.05, 0.1) is 12.6 Å². The second-order valence-corrected chi connectivity index (χ2v) is 10.4. The van der Waals surface area contributed by atoms with E-state index in [1.807, 2.05) is 43.3 Å². The van der Waals surface area contributed by atoms with Gasteiger partial charge < -0.3 is 30.1 Å². The maximum absolute atomic E-state index is 13.1. The number of carboxylic acid groups (broad SMARTS) is 1. The lowest BCUT2D eigenvalue weighted by Crippen LogP contribution is -2.40. The number of nitrogens with one attached hydrogen (secondary N) is 2. The molecule has 2 aromatic heterocycles. The molecule has 2 heterocycles. The Hall–Kier alpha value is -5.14. The topological polar surface area (TPSA) is 139 Å². The number of methoxy groups -OCH3 is 1. The first-order chi connectivity index (χ1) is 21.4. The van der Waals surface area contributed by atoms with Gasteiger partial charge in [-0.3, -0.25) is 4.79 Å². The number of anilines is 2. The van der Waals surface area contributed by atoms with Crippen LogP contribution < -0.4 is 25.0 Å². The van der Waals surface area contributed by atoms with Crippen LogP contribution in [0.5, 0.6) is 17.4 Å². The fraction of sp³-hybridized carbons (Fsp3) is 0.323. The zero-order valence-corrected chi connectivity index (χ0v) is 24.8. The number of amides is 1. The average Bonchev–Trinajstić information content (AvgIpc) is 3.02. The molecule has 1 amide bonds. The second kappa shape index (κ2) is 14.6. The van der Waals surface area contributed by atoms with E-state index in [4.69, 9.17) is 29.3 Å². The summed E-state index contributed by atoms with van der Waals surface area (Å²) in [6.45, 7) is 0. The molecular weight excluding hydrogens is 593 g/mol. The Morgan fingerprint density at radius 2 is 1.53 bits per heavy atom. The molecule has 4 aromatic rings. The number of carbonyl (C=O) groups excluding carboxylic acids is 1. The molecule has 0 radical (unpaired) electrons. The van der Waals surface area contributed by atoms with Crippen LogP contribution >= 0.6 is 0 Å². The number of para-hydroxylation sites is 1. The van der Waals surface area contributed by atoms with Gasteiger partial charge in [0.15, 0.2) is 0 Å². The monoisotopic (exact) mass is 626 g/mol. The van der Waals surface area contributed by atoms with Crippen molar-refractivity contribution in [2.75, 3.05) is 31.4 Å². The molecule has 1 fully saturated rings. The number of halogens is 3. The van der Waals surface area contributed by atoms with Gasteiger partial charge in [-0.2, -0.15) is 18.2 Å². The number of carboxylic acids is 1. The molecule has 2 aromatic carbocycles. The zero-order valence-electron chi connectivity index (χ0n) is 24.8. The van der Waals surface area contributed by atoms with Gasteiger partial charge in [-0.05, 0) is 74.2 Å². The molecule has 45 heavy (non-hydrogen) atoms. The Balaban J connectivity index is 0.000000591. The van der Waals surface area contributed by atoms with Crippen LogP contribution in [0.3, 0.4) is 0 Å². The molecule has 1 saturated carbocycles. The van der Waals surface area contributed by atoms with E-state index >= 15 is 0 Å². The van der Waals surface area contributed by atoms with E-state index in [0.29, 0.717) is 17.3 Å². The maximum Gasteiger partial charge on any atom is 0.490 e. The zero-order chi connectivity index (χ0) is 32.6. The number of aliphatic carboxylic acids is 1. The predicted octanol–water partition coefficient (Wildman–Crippen LogP) is 5.68. The highest BCUT2D eigenvalue weighted by atomic mass is 19.4. The van der Waals surface area contributed by atoms with Crippen molar-refractivity contribution in [3.05, 3.63) is 72.4 Å². The number of aromatic nitrogens is 3. The highest BCUT2D eigenvalue weighted by molar-refractivity contribution is 5.96. The molecule has 0 saturated heterocycles. The van der Waals surface area contributed by atoms with Crippen molar-refractivity contribution < 1.29 is 37.3 Å². The summed E-state index contributed by atoms with van der Waals surface area (Å²) in [7, 11) is 5.59. The number of hydrogen-bond acceptors (Lipinski definition) is 9. The van der Waals surface area contributed by atoms with E-state index in [9.17, 15) is 18.0 Å². The molecule has 0 bridgehead atoms. The number of rotatable bonds is 8. The highest BCUT2D eigenvalue weighted by Crippen LogP contribution is 2.28. The van der Waals surface area contributed by atoms with Crippen molar-refractivity contribution in [2.45, 2.75) is 43.9 Å². The van der Waals surface area contributed by atoms with Crippen molar-refractivity contribution in [3.63, 3.8) is 0 Å². The van der Waals surface area contributed by atoms with E-state index in [2.05, 4.69) is 15.6 Å². The molecule has 5 rings (SSSR count). The van der Waals surface area contributed by atoms with Gasteiger partial charge in [-0.25, -0.2) is 14.8 Å². The Kier molecular flexibility index (Phi) is 10.6. The summed E-state index contributed by atoms with van der Waals surface area (Å²) in [5.41, 5.74) is 1.32. The van der Waals surface area contributed by atoms with E-state index in [0.717, 1.165) is 48.2 Å². The van der Waals surface area contributed by atoms with Gasteiger partial charge in [0, 0.05) is 37.8 Å². The van der Waals surface area contributed by atoms with Crippen molar-refractivity contribution in [2.24, 2.45) is 0 Å². The fourth-order valence-corrected chi connectivity index (χ4v) is 4.69. The van der Waals surface area contributed by atoms with E-state index in [-0.39, 0.29) is 23.9 Å². The number of carbonyl (C=O) groups is 2. The maximum atomic E-state index is 13.1. The van der Waals surface area contributed by atoms with Crippen LogP contribution in [0.4, 0.5) is 24.9 Å². The smallest absolute Gasteiger partial charge is 0.490 e. The standard InChI is InChI=1S/C29H32N6O3.C2HF3O2/c1-35(2)26-23-7-4-5-9-25(23)33-29(34-26)32-20-12-10-19(11-13-20)31-27(36)24-8-6-18-30-28(24)38-22-16-14-21(37-3)15-17-22;3-2(4,5)1(6)7/h4-9,14-20H,10-13H2,1-3H3,(H,31,36)(H,32,33,34);(H,6,7). The van der Waals surface area contributed by atoms with Crippen molar-refractivity contribution in [3.8, 4) is 17.4 Å². The Morgan fingerprint density at radius 1 is 0.911 bits per heavy atom. The predicted molar refractivity (Wildman–Crippen MR) is 162 cm³/mol. The Bertz CT molecular complexity index is 1610. The third-order valence-corrected chi connectivity index (χ3v) is 6.93. The number of benzene rings is 2. The van der Waals surface area contributed by atoms with E-state index in [1.54, 1.807) is 49.7 Å². The molecule has 1 aliphatic carbocycles. The molecule has 14 heteroatoms. The van der Waals surface area contributed by atoms with Crippen LogP contribution in [0.2, 0.25) is 0 Å². The summed E-state index contributed by atoms with van der Waals surface area (Å²) in [5, 5.41) is 14.8. The summed E-state index contributed by atoms with van der Waals surface area (Å²) in [5.74, 6) is 0.165. The number of nitrogens with zero attached hydrogens (tertiary/aromatic N) is 4. The summed E-state index contributed by atoms with van der Waals surface area (Å²) < 4.78 is 42.8. The number of pyridine rings is 1. The van der Waals surface area contributed by atoms with Crippen molar-refractivity contribution >= 4 is 34.5 Å². The molecule has 11 nitrogen and oxygen atoms in total. The number of hydrogen-bond donors (Lipinski definition) is 3. The van der Waals surface area contributed by atoms with Crippen molar-refractivity contribution in [1.29, 1.82) is 0 Å². The van der Waals surface area contributed by atoms with Gasteiger partial charge >= 0.3 is 12.1 Å². The summed E-state index contributed by atoms with van der Waals surface area (Å²) in [6, 6.07) is 19.0. The lowest BCUT2D eigenvalue weighted by atomic mass is 9.91. The molecule has 0 aliphatic heterocycles. The molecular formula is C31H33F3N6O5. The molecule has 3 N–H and O–H groups in total. The molecule has 1 aliphatic rings. The largest absolute Gasteiger partial charge is 0.497 e. The van der Waals surface area contributed by atoms with Crippen LogP contribution in [-0.4, -0.2) is 71.4 Å². The first-order valence-corrected chi connectivity index (χ1v) is 14.0.